The molecule has 0 atom stereocenters. The third-order valence-corrected chi connectivity index (χ3v) is 10.8. The van der Waals surface area contributed by atoms with E-state index in [0.717, 1.165) is 108 Å². The number of anilines is 1. The number of thiazole rings is 1. The molecule has 0 aliphatic carbocycles. The number of aromatic nitrogens is 1. The summed E-state index contributed by atoms with van der Waals surface area (Å²) in [6, 6.07) is 29.6. The maximum atomic E-state index is 11.2. The lowest BCUT2D eigenvalue weighted by molar-refractivity contribution is -0.138. The van der Waals surface area contributed by atoms with E-state index >= 15 is 0 Å². The Balaban J connectivity index is 1.19. The van der Waals surface area contributed by atoms with E-state index in [1.165, 1.54) is 12.2 Å². The lowest BCUT2D eigenvalue weighted by atomic mass is 10.2. The molecular weight excluding hydrogens is 829 g/mol. The number of rotatable bonds is 31. The lowest BCUT2D eigenvalue weighted by Crippen LogP contribution is -2.18. The van der Waals surface area contributed by atoms with E-state index < -0.39 is 0 Å². The molecule has 0 radical (unpaired) electrons. The van der Waals surface area contributed by atoms with Crippen LogP contribution in [-0.2, 0) is 32.3 Å². The molecule has 0 aliphatic rings. The second-order valence-electron chi connectivity index (χ2n) is 14.8. The fourth-order valence-electron chi connectivity index (χ4n) is 6.26. The summed E-state index contributed by atoms with van der Waals surface area (Å²) in [5.74, 6) is 2.13. The van der Waals surface area contributed by atoms with Gasteiger partial charge in [0.15, 0.2) is 0 Å². The number of nitrogens with zero attached hydrogens (tertiary/aromatic N) is 4. The predicted octanol–water partition coefficient (Wildman–Crippen LogP) is 11.3. The molecule has 1 heterocycles. The molecule has 5 aromatic rings. The van der Waals surface area contributed by atoms with Crippen LogP contribution < -0.4 is 24.0 Å². The van der Waals surface area contributed by atoms with Gasteiger partial charge in [0.2, 0.25) is 11.7 Å². The molecule has 12 nitrogen and oxygen atoms in total. The van der Waals surface area contributed by atoms with Crippen LogP contribution in [0.15, 0.2) is 121 Å². The van der Waals surface area contributed by atoms with Crippen LogP contribution in [0.2, 0.25) is 0 Å². The monoisotopic (exact) mass is 886 g/mol. The number of ether oxygens (including phenoxy) is 6. The molecule has 0 N–H and O–H groups in total. The molecule has 0 unspecified atom stereocenters. The van der Waals surface area contributed by atoms with E-state index in [0.29, 0.717) is 64.2 Å². The zero-order valence-corrected chi connectivity index (χ0v) is 37.3. The van der Waals surface area contributed by atoms with Gasteiger partial charge < -0.3 is 33.3 Å². The number of hydrazone groups is 1. The first kappa shape index (κ1) is 48.4. The molecule has 0 aliphatic heterocycles. The largest absolute Gasteiger partial charge is 0.494 e. The second-order valence-corrected chi connectivity index (χ2v) is 15.8. The van der Waals surface area contributed by atoms with Gasteiger partial charge in [-0.3, -0.25) is 0 Å². The first-order valence-electron chi connectivity index (χ1n) is 21.9. The van der Waals surface area contributed by atoms with Gasteiger partial charge in [-0.05, 0) is 124 Å². The van der Waals surface area contributed by atoms with Gasteiger partial charge in [-0.1, -0.05) is 60.9 Å². The normalized spacial score (nSPS) is 10.9. The molecule has 0 saturated heterocycles. The number of carbonyl (C=O) groups excluding carboxylic acids is 2. The van der Waals surface area contributed by atoms with E-state index in [-0.39, 0.29) is 11.9 Å². The molecule has 4 aromatic carbocycles. The minimum absolute atomic E-state index is 0.331. The van der Waals surface area contributed by atoms with Gasteiger partial charge in [0.05, 0.1) is 42.9 Å². The van der Waals surface area contributed by atoms with Crippen LogP contribution in [0.1, 0.15) is 80.9 Å². The highest BCUT2D eigenvalue weighted by Crippen LogP contribution is 2.30. The van der Waals surface area contributed by atoms with Gasteiger partial charge in [-0.15, -0.1) is 0 Å². The number of fused-ring (bicyclic) bond motifs is 1. The summed E-state index contributed by atoms with van der Waals surface area (Å²) >= 11 is 1.58. The first-order chi connectivity index (χ1) is 31.4. The molecule has 0 fully saturated rings. The van der Waals surface area contributed by atoms with Gasteiger partial charge in [0.25, 0.3) is 0 Å². The molecule has 64 heavy (non-hydrogen) atoms. The number of hydrogen-bond acceptors (Lipinski definition) is 12. The number of unbranched alkanes of at least 4 members (excludes halogenated alkanes) is 7. The topological polar surface area (TPSA) is 122 Å². The first-order valence-corrected chi connectivity index (χ1v) is 22.7. The highest BCUT2D eigenvalue weighted by Gasteiger charge is 2.13. The van der Waals surface area contributed by atoms with E-state index in [4.69, 9.17) is 45.1 Å². The minimum atomic E-state index is -0.386. The van der Waals surface area contributed by atoms with Crippen molar-refractivity contribution in [3.8, 4) is 23.0 Å². The number of para-hydroxylation sites is 1. The molecule has 5 rings (SSSR count). The Bertz CT molecular complexity index is 2240. The van der Waals surface area contributed by atoms with Crippen molar-refractivity contribution in [2.24, 2.45) is 5.10 Å². The standard InChI is InChI=1S/C51H58N4O8S/c1-4-49(56)60-34-16-8-6-14-32-58-43-24-20-40(21-25-43)38-62-45-28-29-47(63-39-41-22-26-44(27-23-41)59-33-15-7-9-17-35-61-50(57)5-2)42(36-45)37-53-55(31-13-12-30-52-3)51-54-46-18-10-11-19-48(46)64-51/h4-5,10-11,18-29,36-37H,1-2,6-9,12-17,30-35,38-39H2/b53-37+. The van der Waals surface area contributed by atoms with E-state index in [9.17, 15) is 9.59 Å². The maximum absolute atomic E-state index is 11.2. The number of benzene rings is 4. The van der Waals surface area contributed by atoms with Crippen molar-refractivity contribution in [1.29, 1.82) is 0 Å². The third-order valence-electron chi connectivity index (χ3n) is 9.79. The predicted molar refractivity (Wildman–Crippen MR) is 253 cm³/mol. The molecular formula is C51H58N4O8S. The summed E-state index contributed by atoms with van der Waals surface area (Å²) in [4.78, 5) is 30.7. The molecule has 0 amide bonds. The van der Waals surface area contributed by atoms with Crippen LogP contribution in [0, 0.1) is 6.57 Å². The Morgan fingerprint density at radius 2 is 1.22 bits per heavy atom. The van der Waals surface area contributed by atoms with Crippen LogP contribution in [0.4, 0.5) is 5.13 Å². The van der Waals surface area contributed by atoms with Crippen molar-refractivity contribution < 1.29 is 38.0 Å². The Hall–Kier alpha value is -6.65. The summed E-state index contributed by atoms with van der Waals surface area (Å²) in [6.07, 6.45) is 13.1. The Morgan fingerprint density at radius 3 is 1.80 bits per heavy atom. The summed E-state index contributed by atoms with van der Waals surface area (Å²) in [6.45, 7) is 17.8. The molecule has 1 aromatic heterocycles. The van der Waals surface area contributed by atoms with Gasteiger partial charge >= 0.3 is 11.9 Å². The summed E-state index contributed by atoms with van der Waals surface area (Å²) < 4.78 is 35.7. The average Bonchev–Trinajstić information content (AvgIpc) is 3.77. The van der Waals surface area contributed by atoms with E-state index in [1.54, 1.807) is 17.6 Å². The summed E-state index contributed by atoms with van der Waals surface area (Å²) in [5.41, 5.74) is 3.63. The fourth-order valence-corrected chi connectivity index (χ4v) is 7.21. The molecule has 0 bridgehead atoms. The maximum Gasteiger partial charge on any atom is 0.330 e. The zero-order valence-electron chi connectivity index (χ0n) is 36.5. The lowest BCUT2D eigenvalue weighted by Gasteiger charge is -2.16. The zero-order chi connectivity index (χ0) is 45.0. The quantitative estimate of drug-likeness (QED) is 0.0106. The van der Waals surface area contributed by atoms with Gasteiger partial charge in [0.1, 0.15) is 36.2 Å². The van der Waals surface area contributed by atoms with Gasteiger partial charge in [-0.25, -0.2) is 26.2 Å². The molecule has 336 valence electrons. The highest BCUT2D eigenvalue weighted by molar-refractivity contribution is 7.22. The number of carbonyl (C=O) groups is 2. The number of hydrogen-bond donors (Lipinski definition) is 0. The Labute approximate surface area is 380 Å². The highest BCUT2D eigenvalue weighted by atomic mass is 32.1. The smallest absolute Gasteiger partial charge is 0.330 e. The van der Waals surface area contributed by atoms with Crippen LogP contribution in [0.25, 0.3) is 15.1 Å². The molecule has 13 heteroatoms. The van der Waals surface area contributed by atoms with Crippen LogP contribution >= 0.6 is 11.3 Å². The number of esters is 2. The van der Waals surface area contributed by atoms with Crippen LogP contribution in [0.3, 0.4) is 0 Å². The van der Waals surface area contributed by atoms with Crippen molar-refractivity contribution in [3.63, 3.8) is 0 Å². The minimum Gasteiger partial charge on any atom is -0.494 e. The average molecular weight is 887 g/mol. The second kappa shape index (κ2) is 28.1. The SMILES string of the molecule is [C-]#[N+]CCCCN(/N=C/c1cc(OCc2ccc(OCCCCCCOC(=O)C=C)cc2)ccc1OCc1ccc(OCCCCCCOC(=O)C=C)cc1)c1nc2ccccc2s1. The summed E-state index contributed by atoms with van der Waals surface area (Å²) in [5, 5.41) is 7.63. The van der Waals surface area contributed by atoms with E-state index in [1.807, 2.05) is 89.9 Å². The fraction of sp³-hybridized carbons (Fsp3) is 0.353. The Kier molecular flexibility index (Phi) is 21.3. The summed E-state index contributed by atoms with van der Waals surface area (Å²) in [7, 11) is 0. The van der Waals surface area contributed by atoms with Gasteiger partial charge in [0, 0.05) is 30.7 Å². The molecule has 0 saturated carbocycles. The third kappa shape index (κ3) is 17.6. The van der Waals surface area contributed by atoms with Gasteiger partial charge in [-0.2, -0.15) is 5.10 Å². The van der Waals surface area contributed by atoms with Crippen LogP contribution in [0.5, 0.6) is 23.0 Å². The van der Waals surface area contributed by atoms with Crippen molar-refractivity contribution in [3.05, 3.63) is 144 Å². The van der Waals surface area contributed by atoms with Crippen molar-refractivity contribution >= 4 is 44.8 Å². The van der Waals surface area contributed by atoms with Crippen molar-refractivity contribution in [2.45, 2.75) is 77.4 Å². The van der Waals surface area contributed by atoms with Crippen molar-refractivity contribution in [2.75, 3.05) is 44.5 Å². The van der Waals surface area contributed by atoms with E-state index in [2.05, 4.69) is 24.1 Å². The Morgan fingerprint density at radius 1 is 0.656 bits per heavy atom. The molecule has 0 spiro atoms. The van der Waals surface area contributed by atoms with Crippen LogP contribution in [-0.4, -0.2) is 62.7 Å². The van der Waals surface area contributed by atoms with Crippen molar-refractivity contribution in [1.82, 2.24) is 4.98 Å².